The number of fused-ring (bicyclic) bond motifs is 16. The second kappa shape index (κ2) is 9.56. The maximum absolute atomic E-state index is 6.59. The average Bonchev–Trinajstić information content (AvgIpc) is 3.93. The van der Waals surface area contributed by atoms with Gasteiger partial charge in [-0.25, -0.2) is 4.98 Å². The Morgan fingerprint density at radius 2 is 1.14 bits per heavy atom. The Bertz CT molecular complexity index is 3400. The predicted molar refractivity (Wildman–Crippen MR) is 207 cm³/mol. The minimum atomic E-state index is 0.539. The summed E-state index contributed by atoms with van der Waals surface area (Å²) in [4.78, 5) is 10.8. The molecule has 0 atom stereocenters. The van der Waals surface area contributed by atoms with Gasteiger partial charge in [-0.1, -0.05) is 109 Å². The lowest BCUT2D eigenvalue weighted by molar-refractivity contribution is 0.651. The van der Waals surface area contributed by atoms with Crippen LogP contribution >= 0.6 is 11.3 Å². The molecule has 7 aromatic carbocycles. The van der Waals surface area contributed by atoms with E-state index in [-0.39, 0.29) is 0 Å². The van der Waals surface area contributed by atoms with Crippen molar-refractivity contribution in [2.24, 2.45) is 0 Å². The molecule has 0 saturated heterocycles. The van der Waals surface area contributed by atoms with Gasteiger partial charge in [0.2, 0.25) is 11.7 Å². The Labute approximate surface area is 287 Å². The van der Waals surface area contributed by atoms with E-state index in [4.69, 9.17) is 18.8 Å². The number of thiophene rings is 1. The summed E-state index contributed by atoms with van der Waals surface area (Å²) in [6.07, 6.45) is 0. The van der Waals surface area contributed by atoms with E-state index >= 15 is 0 Å². The minimum Gasteiger partial charge on any atom is -0.455 e. The van der Waals surface area contributed by atoms with Crippen LogP contribution in [0.3, 0.4) is 0 Å². The zero-order valence-electron chi connectivity index (χ0n) is 26.3. The number of hydrogen-bond donors (Lipinski definition) is 0. The van der Waals surface area contributed by atoms with Gasteiger partial charge in [0.05, 0.1) is 22.1 Å². The molecule has 0 spiro atoms. The van der Waals surface area contributed by atoms with Crippen molar-refractivity contribution in [3.63, 3.8) is 0 Å². The van der Waals surface area contributed by atoms with Crippen LogP contribution in [0.1, 0.15) is 0 Å². The summed E-state index contributed by atoms with van der Waals surface area (Å²) < 4.78 is 18.0. The molecule has 12 rings (SSSR count). The van der Waals surface area contributed by atoms with Crippen molar-refractivity contribution in [3.8, 4) is 17.2 Å². The van der Waals surface area contributed by atoms with Crippen molar-refractivity contribution in [3.05, 3.63) is 140 Å². The molecule has 0 aliphatic heterocycles. The van der Waals surface area contributed by atoms with E-state index in [0.717, 1.165) is 71.4 Å². The lowest BCUT2D eigenvalue weighted by Gasteiger charge is -2.11. The van der Waals surface area contributed by atoms with Gasteiger partial charge in [-0.05, 0) is 30.3 Å². The first-order chi connectivity index (χ1) is 24.8. The molecular formula is C44H23N3O2S. The molecule has 0 amide bonds. The van der Waals surface area contributed by atoms with Crippen molar-refractivity contribution in [2.75, 3.05) is 0 Å². The van der Waals surface area contributed by atoms with Crippen LogP contribution in [-0.4, -0.2) is 14.5 Å². The smallest absolute Gasteiger partial charge is 0.238 e. The molecule has 6 heteroatoms. The first-order valence-electron chi connectivity index (χ1n) is 16.7. The van der Waals surface area contributed by atoms with Gasteiger partial charge in [-0.3, -0.25) is 4.57 Å². The van der Waals surface area contributed by atoms with Crippen molar-refractivity contribution in [2.45, 2.75) is 0 Å². The zero-order chi connectivity index (χ0) is 32.5. The molecule has 0 bridgehead atoms. The zero-order valence-corrected chi connectivity index (χ0v) is 27.2. The van der Waals surface area contributed by atoms with Crippen molar-refractivity contribution < 1.29 is 8.83 Å². The third-order valence-corrected chi connectivity index (χ3v) is 11.4. The Balaban J connectivity index is 1.29. The third-order valence-electron chi connectivity index (χ3n) is 10.2. The summed E-state index contributed by atoms with van der Waals surface area (Å²) >= 11 is 1.86. The lowest BCUT2D eigenvalue weighted by Crippen LogP contribution is -2.03. The lowest BCUT2D eigenvalue weighted by atomic mass is 10.00. The highest BCUT2D eigenvalue weighted by molar-refractivity contribution is 7.27. The molecule has 12 aromatic rings. The fourth-order valence-electron chi connectivity index (χ4n) is 8.17. The average molecular weight is 658 g/mol. The summed E-state index contributed by atoms with van der Waals surface area (Å²) in [6, 6.07) is 48.7. The molecule has 5 aromatic heterocycles. The fourth-order valence-corrected chi connectivity index (χ4v) is 9.42. The standard InChI is InChI=1S/C44H23N3O2S/c1-2-14-27-25(13-1)40-36(37-30-17-6-10-23-35(30)50-42(27)37)28-15-3-7-20-32(28)47(40)44-45-39(38-29-16-5-9-22-34(29)49-43(38)46-44)31-19-11-18-26-24-12-4-8-21-33(24)48-41(26)31/h1-23H. The number of aromatic nitrogens is 3. The van der Waals surface area contributed by atoms with E-state index < -0.39 is 0 Å². The first kappa shape index (κ1) is 26.5. The molecule has 0 aliphatic carbocycles. The van der Waals surface area contributed by atoms with Crippen LogP contribution in [0.2, 0.25) is 0 Å². The first-order valence-corrected chi connectivity index (χ1v) is 17.5. The molecule has 0 N–H and O–H groups in total. The van der Waals surface area contributed by atoms with Gasteiger partial charge >= 0.3 is 0 Å². The van der Waals surface area contributed by atoms with Gasteiger partial charge in [-0.2, -0.15) is 4.98 Å². The molecule has 5 nitrogen and oxygen atoms in total. The number of hydrogen-bond acceptors (Lipinski definition) is 5. The molecule has 50 heavy (non-hydrogen) atoms. The quantitative estimate of drug-likeness (QED) is 0.186. The highest BCUT2D eigenvalue weighted by Gasteiger charge is 2.26. The van der Waals surface area contributed by atoms with Crippen LogP contribution < -0.4 is 0 Å². The van der Waals surface area contributed by atoms with Gasteiger partial charge < -0.3 is 8.83 Å². The van der Waals surface area contributed by atoms with Crippen LogP contribution in [0.4, 0.5) is 0 Å². The summed E-state index contributed by atoms with van der Waals surface area (Å²) in [5.74, 6) is 0.551. The van der Waals surface area contributed by atoms with E-state index in [0.29, 0.717) is 11.7 Å². The number of furan rings is 2. The Kier molecular flexibility index (Phi) is 5.06. The second-order valence-corrected chi connectivity index (χ2v) is 13.9. The maximum Gasteiger partial charge on any atom is 0.238 e. The molecular weight excluding hydrogens is 635 g/mol. The van der Waals surface area contributed by atoms with Gasteiger partial charge in [0.1, 0.15) is 16.7 Å². The van der Waals surface area contributed by atoms with E-state index in [1.807, 2.05) is 41.7 Å². The largest absolute Gasteiger partial charge is 0.455 e. The van der Waals surface area contributed by atoms with Crippen molar-refractivity contribution in [1.29, 1.82) is 0 Å². The highest BCUT2D eigenvalue weighted by atomic mass is 32.1. The van der Waals surface area contributed by atoms with E-state index in [9.17, 15) is 0 Å². The molecule has 0 radical (unpaired) electrons. The van der Waals surface area contributed by atoms with Crippen LogP contribution in [-0.2, 0) is 0 Å². The van der Waals surface area contributed by atoms with Gasteiger partial charge in [0.25, 0.3) is 0 Å². The van der Waals surface area contributed by atoms with E-state index in [1.165, 1.54) is 30.9 Å². The van der Waals surface area contributed by atoms with Crippen LogP contribution in [0, 0.1) is 0 Å². The molecule has 0 aliphatic rings. The Hall–Kier alpha value is -6.50. The van der Waals surface area contributed by atoms with Crippen molar-refractivity contribution >= 4 is 108 Å². The summed E-state index contributed by atoms with van der Waals surface area (Å²) in [5, 5.41) is 11.2. The monoisotopic (exact) mass is 657 g/mol. The topological polar surface area (TPSA) is 57.0 Å². The number of benzene rings is 7. The van der Waals surface area contributed by atoms with Crippen LogP contribution in [0.15, 0.2) is 148 Å². The molecule has 0 saturated carbocycles. The van der Waals surface area contributed by atoms with E-state index in [1.54, 1.807) is 0 Å². The predicted octanol–water partition coefficient (Wildman–Crippen LogP) is 12.6. The maximum atomic E-state index is 6.59. The Morgan fingerprint density at radius 1 is 0.480 bits per heavy atom. The number of para-hydroxylation sites is 4. The SMILES string of the molecule is c1ccc2c(c1)oc1c(-c3nc(-n4c5ccccc5c5c6c7ccccc7sc6c6ccccc6c54)nc4oc5ccccc5c34)cccc12. The summed E-state index contributed by atoms with van der Waals surface area (Å²) in [5.41, 5.74) is 6.75. The van der Waals surface area contributed by atoms with Gasteiger partial charge in [0, 0.05) is 63.4 Å². The third kappa shape index (κ3) is 3.35. The Morgan fingerprint density at radius 3 is 2.00 bits per heavy atom. The molecule has 0 unspecified atom stereocenters. The van der Waals surface area contributed by atoms with E-state index in [2.05, 4.69) is 114 Å². The molecule has 0 fully saturated rings. The van der Waals surface area contributed by atoms with Crippen molar-refractivity contribution in [1.82, 2.24) is 14.5 Å². The highest BCUT2D eigenvalue weighted by Crippen LogP contribution is 2.48. The minimum absolute atomic E-state index is 0.539. The van der Waals surface area contributed by atoms with Gasteiger partial charge in [-0.15, -0.1) is 11.3 Å². The molecule has 232 valence electrons. The summed E-state index contributed by atoms with van der Waals surface area (Å²) in [7, 11) is 0. The number of rotatable bonds is 2. The normalized spacial score (nSPS) is 12.4. The van der Waals surface area contributed by atoms with Gasteiger partial charge in [0.15, 0.2) is 0 Å². The fraction of sp³-hybridized carbons (Fsp3) is 0. The summed E-state index contributed by atoms with van der Waals surface area (Å²) in [6.45, 7) is 0. The number of nitrogens with zero attached hydrogens (tertiary/aromatic N) is 3. The second-order valence-electron chi connectivity index (χ2n) is 12.9. The molecule has 5 heterocycles. The van der Waals surface area contributed by atoms with Crippen LogP contribution in [0.25, 0.3) is 114 Å². The van der Waals surface area contributed by atoms with Crippen LogP contribution in [0.5, 0.6) is 0 Å².